The fourth-order valence-corrected chi connectivity index (χ4v) is 2.52. The third-order valence-corrected chi connectivity index (χ3v) is 4.06. The number of anilines is 1. The van der Waals surface area contributed by atoms with Gasteiger partial charge in [0.05, 0.1) is 5.92 Å². The second kappa shape index (κ2) is 7.29. The van der Waals surface area contributed by atoms with Crippen LogP contribution in [0.25, 0.3) is 0 Å². The van der Waals surface area contributed by atoms with Gasteiger partial charge in [-0.3, -0.25) is 4.79 Å². The number of carbonyl (C=O) groups excluding carboxylic acids is 1. The summed E-state index contributed by atoms with van der Waals surface area (Å²) in [6.45, 7) is 4.67. The van der Waals surface area contributed by atoms with Crippen LogP contribution in [-0.2, 0) is 4.79 Å². The standard InChI is InChI=1S/C16H25N3O/c1-13(19(2)15-8-4-3-5-9-15)11-18-16(20)14-7-6-10-17-12-14/h3-5,8-9,13-14,17H,6-7,10-12H2,1-2H3,(H,18,20). The first-order chi connectivity index (χ1) is 9.68. The monoisotopic (exact) mass is 275 g/mol. The van der Waals surface area contributed by atoms with Crippen molar-refractivity contribution in [1.29, 1.82) is 0 Å². The maximum atomic E-state index is 12.1. The van der Waals surface area contributed by atoms with Gasteiger partial charge in [0.15, 0.2) is 0 Å². The van der Waals surface area contributed by atoms with Crippen LogP contribution < -0.4 is 15.5 Å². The molecule has 0 saturated carbocycles. The topological polar surface area (TPSA) is 44.4 Å². The van der Waals surface area contributed by atoms with E-state index in [1.54, 1.807) is 0 Å². The molecule has 1 aliphatic heterocycles. The summed E-state index contributed by atoms with van der Waals surface area (Å²) in [5.41, 5.74) is 1.17. The Morgan fingerprint density at radius 3 is 2.85 bits per heavy atom. The van der Waals surface area contributed by atoms with Crippen LogP contribution >= 0.6 is 0 Å². The number of likely N-dealkylation sites (N-methyl/N-ethyl adjacent to an activating group) is 1. The molecule has 2 rings (SSSR count). The summed E-state index contributed by atoms with van der Waals surface area (Å²) >= 11 is 0. The zero-order chi connectivity index (χ0) is 14.4. The summed E-state index contributed by atoms with van der Waals surface area (Å²) < 4.78 is 0. The fraction of sp³-hybridized carbons (Fsp3) is 0.562. The van der Waals surface area contributed by atoms with Gasteiger partial charge < -0.3 is 15.5 Å². The second-order valence-corrected chi connectivity index (χ2v) is 5.58. The third-order valence-electron chi connectivity index (χ3n) is 4.06. The van der Waals surface area contributed by atoms with Crippen molar-refractivity contribution < 1.29 is 4.79 Å². The molecule has 1 fully saturated rings. The van der Waals surface area contributed by atoms with E-state index < -0.39 is 0 Å². The number of nitrogens with one attached hydrogen (secondary N) is 2. The number of rotatable bonds is 5. The van der Waals surface area contributed by atoms with Crippen LogP contribution in [0.5, 0.6) is 0 Å². The van der Waals surface area contributed by atoms with E-state index >= 15 is 0 Å². The Labute approximate surface area is 121 Å². The van der Waals surface area contributed by atoms with E-state index in [-0.39, 0.29) is 17.9 Å². The Kier molecular flexibility index (Phi) is 5.41. The zero-order valence-corrected chi connectivity index (χ0v) is 12.4. The number of carbonyl (C=O) groups is 1. The van der Waals surface area contributed by atoms with Gasteiger partial charge in [0.2, 0.25) is 5.91 Å². The van der Waals surface area contributed by atoms with Gasteiger partial charge in [-0.2, -0.15) is 0 Å². The van der Waals surface area contributed by atoms with Gasteiger partial charge in [0.25, 0.3) is 0 Å². The molecule has 0 aliphatic carbocycles. The summed E-state index contributed by atoms with van der Waals surface area (Å²) in [6, 6.07) is 10.5. The van der Waals surface area contributed by atoms with Gasteiger partial charge >= 0.3 is 0 Å². The minimum atomic E-state index is 0.137. The van der Waals surface area contributed by atoms with Crippen molar-refractivity contribution in [2.24, 2.45) is 5.92 Å². The molecule has 2 unspecified atom stereocenters. The summed E-state index contributed by atoms with van der Waals surface area (Å²) in [4.78, 5) is 14.3. The Morgan fingerprint density at radius 1 is 1.45 bits per heavy atom. The average molecular weight is 275 g/mol. The van der Waals surface area contributed by atoms with Crippen molar-refractivity contribution in [3.05, 3.63) is 30.3 Å². The van der Waals surface area contributed by atoms with Gasteiger partial charge in [-0.25, -0.2) is 0 Å². The highest BCUT2D eigenvalue weighted by Crippen LogP contribution is 2.14. The van der Waals surface area contributed by atoms with E-state index in [2.05, 4.69) is 41.6 Å². The maximum Gasteiger partial charge on any atom is 0.224 e. The largest absolute Gasteiger partial charge is 0.370 e. The molecule has 0 spiro atoms. The highest BCUT2D eigenvalue weighted by atomic mass is 16.1. The number of hydrogen-bond acceptors (Lipinski definition) is 3. The summed E-state index contributed by atoms with van der Waals surface area (Å²) in [5.74, 6) is 0.323. The van der Waals surface area contributed by atoms with Crippen LogP contribution in [0.3, 0.4) is 0 Å². The highest BCUT2D eigenvalue weighted by molar-refractivity contribution is 5.79. The molecule has 1 saturated heterocycles. The predicted molar refractivity (Wildman–Crippen MR) is 82.9 cm³/mol. The lowest BCUT2D eigenvalue weighted by molar-refractivity contribution is -0.125. The van der Waals surface area contributed by atoms with Crippen LogP contribution in [-0.4, -0.2) is 38.6 Å². The number of nitrogens with zero attached hydrogens (tertiary/aromatic N) is 1. The second-order valence-electron chi connectivity index (χ2n) is 5.58. The molecular formula is C16H25N3O. The average Bonchev–Trinajstić information content (AvgIpc) is 2.53. The van der Waals surface area contributed by atoms with E-state index in [4.69, 9.17) is 0 Å². The van der Waals surface area contributed by atoms with E-state index in [1.807, 2.05) is 18.2 Å². The SMILES string of the molecule is CC(CNC(=O)C1CCCNC1)N(C)c1ccccc1. The van der Waals surface area contributed by atoms with Crippen LogP contribution in [0.1, 0.15) is 19.8 Å². The maximum absolute atomic E-state index is 12.1. The molecular weight excluding hydrogens is 250 g/mol. The van der Waals surface area contributed by atoms with Crippen molar-refractivity contribution in [3.8, 4) is 0 Å². The van der Waals surface area contributed by atoms with Crippen molar-refractivity contribution >= 4 is 11.6 Å². The predicted octanol–water partition coefficient (Wildman–Crippen LogP) is 1.63. The molecule has 1 aliphatic rings. The lowest BCUT2D eigenvalue weighted by atomic mass is 9.99. The molecule has 1 aromatic carbocycles. The van der Waals surface area contributed by atoms with Crippen molar-refractivity contribution in [3.63, 3.8) is 0 Å². The molecule has 1 heterocycles. The Hall–Kier alpha value is -1.55. The Bertz CT molecular complexity index is 415. The molecule has 1 amide bonds. The number of amides is 1. The van der Waals surface area contributed by atoms with E-state index in [0.717, 1.165) is 25.9 Å². The highest BCUT2D eigenvalue weighted by Gasteiger charge is 2.21. The number of piperidine rings is 1. The quantitative estimate of drug-likeness (QED) is 0.858. The molecule has 2 N–H and O–H groups in total. The number of para-hydroxylation sites is 1. The summed E-state index contributed by atoms with van der Waals surface area (Å²) in [5, 5.41) is 6.36. The molecule has 1 aromatic rings. The number of benzene rings is 1. The van der Waals surface area contributed by atoms with E-state index in [9.17, 15) is 4.79 Å². The fourth-order valence-electron chi connectivity index (χ4n) is 2.52. The van der Waals surface area contributed by atoms with Crippen molar-refractivity contribution in [1.82, 2.24) is 10.6 Å². The molecule has 110 valence electrons. The van der Waals surface area contributed by atoms with Gasteiger partial charge in [-0.15, -0.1) is 0 Å². The van der Waals surface area contributed by atoms with Gasteiger partial charge in [0.1, 0.15) is 0 Å². The first-order valence-corrected chi connectivity index (χ1v) is 7.45. The molecule has 2 atom stereocenters. The minimum absolute atomic E-state index is 0.137. The number of hydrogen-bond donors (Lipinski definition) is 2. The summed E-state index contributed by atoms with van der Waals surface area (Å²) in [6.07, 6.45) is 2.10. The normalized spacial score (nSPS) is 20.2. The van der Waals surface area contributed by atoms with Crippen molar-refractivity contribution in [2.45, 2.75) is 25.8 Å². The Morgan fingerprint density at radius 2 is 2.20 bits per heavy atom. The first-order valence-electron chi connectivity index (χ1n) is 7.45. The van der Waals surface area contributed by atoms with Crippen LogP contribution in [0.4, 0.5) is 5.69 Å². The van der Waals surface area contributed by atoms with Crippen LogP contribution in [0.15, 0.2) is 30.3 Å². The lowest BCUT2D eigenvalue weighted by Gasteiger charge is -2.28. The molecule has 20 heavy (non-hydrogen) atoms. The molecule has 0 radical (unpaired) electrons. The molecule has 0 aromatic heterocycles. The molecule has 4 nitrogen and oxygen atoms in total. The minimum Gasteiger partial charge on any atom is -0.370 e. The smallest absolute Gasteiger partial charge is 0.224 e. The molecule has 0 bridgehead atoms. The van der Waals surface area contributed by atoms with Gasteiger partial charge in [0, 0.05) is 31.9 Å². The summed E-state index contributed by atoms with van der Waals surface area (Å²) in [7, 11) is 2.06. The van der Waals surface area contributed by atoms with E-state index in [0.29, 0.717) is 6.54 Å². The van der Waals surface area contributed by atoms with Gasteiger partial charge in [-0.1, -0.05) is 18.2 Å². The third kappa shape index (κ3) is 3.97. The van der Waals surface area contributed by atoms with E-state index in [1.165, 1.54) is 5.69 Å². The first kappa shape index (κ1) is 14.9. The van der Waals surface area contributed by atoms with Crippen LogP contribution in [0, 0.1) is 5.92 Å². The van der Waals surface area contributed by atoms with Crippen molar-refractivity contribution in [2.75, 3.05) is 31.6 Å². The molecule has 4 heteroatoms. The van der Waals surface area contributed by atoms with Gasteiger partial charge in [-0.05, 0) is 38.4 Å². The Balaban J connectivity index is 1.79. The lowest BCUT2D eigenvalue weighted by Crippen LogP contribution is -2.45. The van der Waals surface area contributed by atoms with Crippen LogP contribution in [0.2, 0.25) is 0 Å². The zero-order valence-electron chi connectivity index (χ0n) is 12.4.